The first kappa shape index (κ1) is 22.0. The van der Waals surface area contributed by atoms with Crippen LogP contribution in [-0.4, -0.2) is 57.3 Å². The lowest BCUT2D eigenvalue weighted by atomic mass is 10.2. The van der Waals surface area contributed by atoms with Crippen LogP contribution in [-0.2, 0) is 17.9 Å². The summed E-state index contributed by atoms with van der Waals surface area (Å²) in [5.74, 6) is 1.15. The zero-order valence-corrected chi connectivity index (χ0v) is 18.9. The molecule has 0 atom stereocenters. The van der Waals surface area contributed by atoms with E-state index in [1.807, 2.05) is 60.4 Å². The van der Waals surface area contributed by atoms with E-state index < -0.39 is 0 Å². The fourth-order valence-electron chi connectivity index (χ4n) is 4.25. The average molecular weight is 434 g/mol. The minimum atomic E-state index is 0.0323. The van der Waals surface area contributed by atoms with Gasteiger partial charge < -0.3 is 14.8 Å². The number of piperazine rings is 1. The molecule has 2 amide bonds. The van der Waals surface area contributed by atoms with Crippen LogP contribution in [0.15, 0.2) is 48.5 Å². The number of carbonyl (C=O) groups excluding carboxylic acids is 2. The predicted molar refractivity (Wildman–Crippen MR) is 127 cm³/mol. The number of nitrogens with one attached hydrogen (secondary N) is 1. The molecule has 1 saturated heterocycles. The number of amides is 2. The van der Waals surface area contributed by atoms with E-state index in [1.165, 1.54) is 0 Å². The van der Waals surface area contributed by atoms with Gasteiger partial charge in [-0.1, -0.05) is 25.1 Å². The van der Waals surface area contributed by atoms with Gasteiger partial charge in [-0.05, 0) is 43.7 Å². The van der Waals surface area contributed by atoms with Crippen molar-refractivity contribution in [3.8, 4) is 0 Å². The number of anilines is 1. The summed E-state index contributed by atoms with van der Waals surface area (Å²) in [6, 6.07) is 15.4. The third-order valence-corrected chi connectivity index (χ3v) is 5.95. The number of nitrogens with zero attached hydrogens (tertiary/aromatic N) is 4. The van der Waals surface area contributed by atoms with Gasteiger partial charge >= 0.3 is 0 Å². The molecule has 0 unspecified atom stereocenters. The number of rotatable bonds is 7. The Morgan fingerprint density at radius 3 is 2.44 bits per heavy atom. The maximum absolute atomic E-state index is 12.7. The molecule has 2 aromatic carbocycles. The highest BCUT2D eigenvalue weighted by molar-refractivity contribution is 5.94. The number of carbonyl (C=O) groups is 2. The Kier molecular flexibility index (Phi) is 6.85. The van der Waals surface area contributed by atoms with Crippen molar-refractivity contribution in [3.63, 3.8) is 0 Å². The highest BCUT2D eigenvalue weighted by Gasteiger charge is 2.23. The zero-order valence-electron chi connectivity index (χ0n) is 18.9. The third-order valence-electron chi connectivity index (χ3n) is 5.95. The minimum absolute atomic E-state index is 0.0323. The summed E-state index contributed by atoms with van der Waals surface area (Å²) in [7, 11) is 0. The van der Waals surface area contributed by atoms with Gasteiger partial charge in [-0.15, -0.1) is 0 Å². The van der Waals surface area contributed by atoms with E-state index in [0.717, 1.165) is 60.7 Å². The molecule has 0 radical (unpaired) electrons. The van der Waals surface area contributed by atoms with Crippen molar-refractivity contribution in [2.45, 2.75) is 39.8 Å². The lowest BCUT2D eigenvalue weighted by molar-refractivity contribution is -0.116. The molecule has 1 N–H and O–H groups in total. The first-order chi connectivity index (χ1) is 15.6. The molecule has 3 aromatic rings. The average Bonchev–Trinajstić information content (AvgIpc) is 3.16. The van der Waals surface area contributed by atoms with E-state index in [1.54, 1.807) is 0 Å². The van der Waals surface area contributed by atoms with Gasteiger partial charge in [0.05, 0.1) is 17.6 Å². The monoisotopic (exact) mass is 433 g/mol. The van der Waals surface area contributed by atoms with Gasteiger partial charge in [-0.3, -0.25) is 14.5 Å². The summed E-state index contributed by atoms with van der Waals surface area (Å²) in [5.41, 5.74) is 3.51. The molecule has 0 spiro atoms. The van der Waals surface area contributed by atoms with Gasteiger partial charge in [-0.25, -0.2) is 4.98 Å². The molecule has 168 valence electrons. The highest BCUT2D eigenvalue weighted by Crippen LogP contribution is 2.22. The molecule has 1 aliphatic rings. The van der Waals surface area contributed by atoms with Crippen molar-refractivity contribution in [1.82, 2.24) is 19.4 Å². The van der Waals surface area contributed by atoms with Crippen molar-refractivity contribution in [1.29, 1.82) is 0 Å². The lowest BCUT2D eigenvalue weighted by Gasteiger charge is -2.34. The summed E-state index contributed by atoms with van der Waals surface area (Å²) in [6.45, 7) is 8.77. The van der Waals surface area contributed by atoms with Gasteiger partial charge in [0.1, 0.15) is 5.82 Å². The van der Waals surface area contributed by atoms with Crippen LogP contribution in [0.4, 0.5) is 5.69 Å². The van der Waals surface area contributed by atoms with E-state index in [0.29, 0.717) is 19.5 Å². The van der Waals surface area contributed by atoms with Crippen molar-refractivity contribution in [2.24, 2.45) is 0 Å². The van der Waals surface area contributed by atoms with Gasteiger partial charge in [-0.2, -0.15) is 0 Å². The van der Waals surface area contributed by atoms with Gasteiger partial charge in [0, 0.05) is 50.4 Å². The maximum Gasteiger partial charge on any atom is 0.253 e. The quantitative estimate of drug-likeness (QED) is 0.616. The molecule has 0 saturated carbocycles. The second-order valence-corrected chi connectivity index (χ2v) is 8.21. The summed E-state index contributed by atoms with van der Waals surface area (Å²) in [5, 5.41) is 2.96. The molecular weight excluding hydrogens is 402 g/mol. The highest BCUT2D eigenvalue weighted by atomic mass is 16.2. The smallest absolute Gasteiger partial charge is 0.253 e. The Hall–Kier alpha value is -3.19. The van der Waals surface area contributed by atoms with E-state index >= 15 is 0 Å². The molecule has 4 rings (SSSR count). The normalized spacial score (nSPS) is 14.6. The Labute approximate surface area is 189 Å². The fraction of sp³-hybridized carbons (Fsp3) is 0.400. The first-order valence-electron chi connectivity index (χ1n) is 11.4. The van der Waals surface area contributed by atoms with Gasteiger partial charge in [0.2, 0.25) is 5.91 Å². The SMILES string of the molecule is CCCC(=O)Nc1ccc2c(c1)nc(CN1CCN(C(=O)c3ccccc3)CC1)n2CC. The summed E-state index contributed by atoms with van der Waals surface area (Å²) >= 11 is 0. The van der Waals surface area contributed by atoms with Crippen LogP contribution in [0, 0.1) is 0 Å². The minimum Gasteiger partial charge on any atom is -0.336 e. The second kappa shape index (κ2) is 9.96. The number of fused-ring (bicyclic) bond motifs is 1. The van der Waals surface area contributed by atoms with E-state index in [9.17, 15) is 9.59 Å². The maximum atomic E-state index is 12.7. The van der Waals surface area contributed by atoms with Gasteiger partial charge in [0.15, 0.2) is 0 Å². The molecule has 2 heterocycles. The number of benzene rings is 2. The molecule has 1 aliphatic heterocycles. The molecule has 7 nitrogen and oxygen atoms in total. The molecule has 0 bridgehead atoms. The molecule has 32 heavy (non-hydrogen) atoms. The van der Waals surface area contributed by atoms with Crippen LogP contribution in [0.3, 0.4) is 0 Å². The largest absolute Gasteiger partial charge is 0.336 e. The van der Waals surface area contributed by atoms with Crippen LogP contribution >= 0.6 is 0 Å². The van der Waals surface area contributed by atoms with E-state index in [2.05, 4.69) is 21.7 Å². The van der Waals surface area contributed by atoms with E-state index in [-0.39, 0.29) is 11.8 Å². The van der Waals surface area contributed by atoms with Crippen LogP contribution < -0.4 is 5.32 Å². The van der Waals surface area contributed by atoms with E-state index in [4.69, 9.17) is 4.98 Å². The number of aromatic nitrogens is 2. The van der Waals surface area contributed by atoms with Crippen molar-refractivity contribution >= 4 is 28.5 Å². The van der Waals surface area contributed by atoms with Crippen molar-refractivity contribution in [3.05, 3.63) is 59.9 Å². The summed E-state index contributed by atoms with van der Waals surface area (Å²) in [4.78, 5) is 33.8. The van der Waals surface area contributed by atoms with Crippen LogP contribution in [0.5, 0.6) is 0 Å². The Morgan fingerprint density at radius 1 is 1.00 bits per heavy atom. The number of hydrogen-bond acceptors (Lipinski definition) is 4. The predicted octanol–water partition coefficient (Wildman–Crippen LogP) is 3.75. The molecule has 1 fully saturated rings. The Morgan fingerprint density at radius 2 is 1.75 bits per heavy atom. The third kappa shape index (κ3) is 4.83. The molecular formula is C25H31N5O2. The summed E-state index contributed by atoms with van der Waals surface area (Å²) in [6.07, 6.45) is 1.35. The number of hydrogen-bond donors (Lipinski definition) is 1. The molecule has 1 aromatic heterocycles. The topological polar surface area (TPSA) is 70.5 Å². The number of aryl methyl sites for hydroxylation is 1. The summed E-state index contributed by atoms with van der Waals surface area (Å²) < 4.78 is 2.23. The zero-order chi connectivity index (χ0) is 22.5. The fourth-order valence-corrected chi connectivity index (χ4v) is 4.25. The van der Waals surface area contributed by atoms with Crippen LogP contribution in [0.1, 0.15) is 42.9 Å². The molecule has 0 aliphatic carbocycles. The Bertz CT molecular complexity index is 1080. The van der Waals surface area contributed by atoms with Crippen molar-refractivity contribution in [2.75, 3.05) is 31.5 Å². The van der Waals surface area contributed by atoms with Crippen LogP contribution in [0.2, 0.25) is 0 Å². The molecule has 7 heteroatoms. The van der Waals surface area contributed by atoms with Gasteiger partial charge in [0.25, 0.3) is 5.91 Å². The lowest BCUT2D eigenvalue weighted by Crippen LogP contribution is -2.48. The first-order valence-corrected chi connectivity index (χ1v) is 11.4. The van der Waals surface area contributed by atoms with Crippen LogP contribution in [0.25, 0.3) is 11.0 Å². The standard InChI is InChI=1S/C25H31N5O2/c1-3-8-24(31)26-20-11-12-22-21(17-20)27-23(30(22)4-2)18-28-13-15-29(16-14-28)25(32)19-9-6-5-7-10-19/h5-7,9-12,17H,3-4,8,13-16,18H2,1-2H3,(H,26,31). The Balaban J connectivity index is 1.42. The number of imidazole rings is 1. The second-order valence-electron chi connectivity index (χ2n) is 8.21. The van der Waals surface area contributed by atoms with Crippen molar-refractivity contribution < 1.29 is 9.59 Å².